The summed E-state index contributed by atoms with van der Waals surface area (Å²) in [6.07, 6.45) is 2.67. The minimum atomic E-state index is -1.30. The van der Waals surface area contributed by atoms with E-state index in [2.05, 4.69) is 5.32 Å². The zero-order valence-corrected chi connectivity index (χ0v) is 12.6. The summed E-state index contributed by atoms with van der Waals surface area (Å²) in [6, 6.07) is -1.36. The largest absolute Gasteiger partial charge is 0.466 e. The maximum absolute atomic E-state index is 11.8. The van der Waals surface area contributed by atoms with Crippen LogP contribution in [0.2, 0.25) is 0 Å². The lowest BCUT2D eigenvalue weighted by Gasteiger charge is -2.28. The van der Waals surface area contributed by atoms with Gasteiger partial charge in [0.05, 0.1) is 19.1 Å². The first-order chi connectivity index (χ1) is 9.99. The molecule has 0 saturated heterocycles. The smallest absolute Gasteiger partial charge is 0.332 e. The lowest BCUT2D eigenvalue weighted by Crippen LogP contribution is -2.50. The molecule has 0 aromatic carbocycles. The van der Waals surface area contributed by atoms with E-state index < -0.39 is 17.9 Å². The van der Waals surface area contributed by atoms with Gasteiger partial charge in [-0.05, 0) is 39.5 Å². The number of ether oxygens (including phenoxy) is 2. The summed E-state index contributed by atoms with van der Waals surface area (Å²) in [4.78, 5) is 34.8. The highest BCUT2D eigenvalue weighted by molar-refractivity contribution is 6.01. The maximum atomic E-state index is 11.8. The molecule has 7 heteroatoms. The molecule has 0 heterocycles. The van der Waals surface area contributed by atoms with Crippen LogP contribution in [-0.2, 0) is 23.9 Å². The SMILES string of the molecule is CCOC(=O)C1CCC(NC(=O)C(N)C(=O)OCC)CC1. The number of amides is 1. The van der Waals surface area contributed by atoms with Crippen molar-refractivity contribution in [3.05, 3.63) is 0 Å². The molecular weight excluding hydrogens is 276 g/mol. The van der Waals surface area contributed by atoms with Gasteiger partial charge < -0.3 is 20.5 Å². The van der Waals surface area contributed by atoms with Crippen molar-refractivity contribution in [1.82, 2.24) is 5.32 Å². The molecule has 1 unspecified atom stereocenters. The van der Waals surface area contributed by atoms with Crippen LogP contribution < -0.4 is 11.1 Å². The Morgan fingerprint density at radius 1 is 1.10 bits per heavy atom. The van der Waals surface area contributed by atoms with Crippen LogP contribution in [0.4, 0.5) is 0 Å². The minimum absolute atomic E-state index is 0.0661. The van der Waals surface area contributed by atoms with Crippen LogP contribution in [0.25, 0.3) is 0 Å². The summed E-state index contributed by atoms with van der Waals surface area (Å²) in [6.45, 7) is 3.99. The number of hydrogen-bond donors (Lipinski definition) is 2. The molecule has 7 nitrogen and oxygen atoms in total. The van der Waals surface area contributed by atoms with Crippen molar-refractivity contribution in [3.63, 3.8) is 0 Å². The monoisotopic (exact) mass is 300 g/mol. The summed E-state index contributed by atoms with van der Waals surface area (Å²) in [5.41, 5.74) is 5.52. The molecule has 1 amide bonds. The predicted octanol–water partition coefficient (Wildman–Crippen LogP) is 0.115. The molecule has 0 radical (unpaired) electrons. The molecule has 1 atom stereocenters. The number of hydrogen-bond acceptors (Lipinski definition) is 6. The second-order valence-corrected chi connectivity index (χ2v) is 5.04. The van der Waals surface area contributed by atoms with E-state index in [1.54, 1.807) is 13.8 Å². The molecule has 120 valence electrons. The molecule has 0 aromatic heterocycles. The van der Waals surface area contributed by atoms with Crippen LogP contribution in [0.3, 0.4) is 0 Å². The van der Waals surface area contributed by atoms with Crippen molar-refractivity contribution >= 4 is 17.8 Å². The first-order valence-corrected chi connectivity index (χ1v) is 7.38. The van der Waals surface area contributed by atoms with Crippen molar-refractivity contribution in [3.8, 4) is 0 Å². The Kier molecular flexibility index (Phi) is 7.14. The van der Waals surface area contributed by atoms with Gasteiger partial charge in [0.25, 0.3) is 0 Å². The average Bonchev–Trinajstić information content (AvgIpc) is 2.47. The Bertz CT molecular complexity index is 378. The maximum Gasteiger partial charge on any atom is 0.332 e. The summed E-state index contributed by atoms with van der Waals surface area (Å²) in [5.74, 6) is -1.54. The Balaban J connectivity index is 2.36. The first-order valence-electron chi connectivity index (χ1n) is 7.38. The van der Waals surface area contributed by atoms with Gasteiger partial charge in [-0.25, -0.2) is 4.79 Å². The molecule has 1 fully saturated rings. The summed E-state index contributed by atoms with van der Waals surface area (Å²) in [7, 11) is 0. The third-order valence-corrected chi connectivity index (χ3v) is 3.52. The lowest BCUT2D eigenvalue weighted by atomic mass is 9.86. The highest BCUT2D eigenvalue weighted by Crippen LogP contribution is 2.25. The number of esters is 2. The van der Waals surface area contributed by atoms with Crippen LogP contribution in [-0.4, -0.2) is 43.1 Å². The minimum Gasteiger partial charge on any atom is -0.466 e. The van der Waals surface area contributed by atoms with Gasteiger partial charge in [0, 0.05) is 6.04 Å². The Morgan fingerprint density at radius 2 is 1.67 bits per heavy atom. The number of carbonyl (C=O) groups is 3. The van der Waals surface area contributed by atoms with Crippen molar-refractivity contribution in [2.24, 2.45) is 11.7 Å². The third-order valence-electron chi connectivity index (χ3n) is 3.52. The molecule has 0 bridgehead atoms. The molecule has 21 heavy (non-hydrogen) atoms. The highest BCUT2D eigenvalue weighted by atomic mass is 16.5. The predicted molar refractivity (Wildman–Crippen MR) is 75.1 cm³/mol. The fourth-order valence-electron chi connectivity index (χ4n) is 2.36. The number of carbonyl (C=O) groups excluding carboxylic acids is 3. The van der Waals surface area contributed by atoms with E-state index in [1.807, 2.05) is 0 Å². The zero-order chi connectivity index (χ0) is 15.8. The van der Waals surface area contributed by atoms with E-state index in [4.69, 9.17) is 15.2 Å². The highest BCUT2D eigenvalue weighted by Gasteiger charge is 2.30. The summed E-state index contributed by atoms with van der Waals surface area (Å²) < 4.78 is 9.69. The quantitative estimate of drug-likeness (QED) is 0.532. The molecular formula is C14H24N2O5. The van der Waals surface area contributed by atoms with E-state index in [1.165, 1.54) is 0 Å². The van der Waals surface area contributed by atoms with Gasteiger partial charge in [0.15, 0.2) is 6.04 Å². The zero-order valence-electron chi connectivity index (χ0n) is 12.6. The average molecular weight is 300 g/mol. The van der Waals surface area contributed by atoms with E-state index in [0.717, 1.165) is 0 Å². The van der Waals surface area contributed by atoms with Gasteiger partial charge in [-0.2, -0.15) is 0 Å². The third kappa shape index (κ3) is 5.34. The van der Waals surface area contributed by atoms with Crippen LogP contribution >= 0.6 is 0 Å². The fraction of sp³-hybridized carbons (Fsp3) is 0.786. The van der Waals surface area contributed by atoms with Gasteiger partial charge in [-0.15, -0.1) is 0 Å². The first kappa shape index (κ1) is 17.4. The van der Waals surface area contributed by atoms with E-state index in [-0.39, 0.29) is 24.5 Å². The van der Waals surface area contributed by atoms with Crippen LogP contribution in [0.1, 0.15) is 39.5 Å². The molecule has 1 rings (SSSR count). The lowest BCUT2D eigenvalue weighted by molar-refractivity contribution is -0.149. The van der Waals surface area contributed by atoms with Gasteiger partial charge in [0.1, 0.15) is 0 Å². The second-order valence-electron chi connectivity index (χ2n) is 5.04. The Hall–Kier alpha value is -1.63. The van der Waals surface area contributed by atoms with Crippen LogP contribution in [0, 0.1) is 5.92 Å². The summed E-state index contributed by atoms with van der Waals surface area (Å²) in [5, 5.41) is 2.73. The van der Waals surface area contributed by atoms with Crippen molar-refractivity contribution < 1.29 is 23.9 Å². The van der Waals surface area contributed by atoms with Gasteiger partial charge >= 0.3 is 11.9 Å². The van der Waals surface area contributed by atoms with Gasteiger partial charge in [-0.1, -0.05) is 0 Å². The Labute approximate surface area is 124 Å². The number of nitrogens with one attached hydrogen (secondary N) is 1. The molecule has 0 aliphatic heterocycles. The van der Waals surface area contributed by atoms with Crippen LogP contribution in [0.5, 0.6) is 0 Å². The van der Waals surface area contributed by atoms with Gasteiger partial charge in [0.2, 0.25) is 5.91 Å². The second kappa shape index (κ2) is 8.61. The summed E-state index contributed by atoms with van der Waals surface area (Å²) >= 11 is 0. The van der Waals surface area contributed by atoms with Gasteiger partial charge in [-0.3, -0.25) is 9.59 Å². The topological polar surface area (TPSA) is 108 Å². The van der Waals surface area contributed by atoms with Crippen molar-refractivity contribution in [2.75, 3.05) is 13.2 Å². The molecule has 0 spiro atoms. The standard InChI is InChI=1S/C14H24N2O5/c1-3-20-13(18)9-5-7-10(8-6-9)16-12(17)11(15)14(19)21-4-2/h9-11H,3-8,15H2,1-2H3,(H,16,17). The van der Waals surface area contributed by atoms with E-state index in [0.29, 0.717) is 32.3 Å². The molecule has 0 aromatic rings. The normalized spacial score (nSPS) is 23.0. The van der Waals surface area contributed by atoms with Crippen molar-refractivity contribution in [2.45, 2.75) is 51.6 Å². The number of rotatable bonds is 6. The van der Waals surface area contributed by atoms with Crippen LogP contribution in [0.15, 0.2) is 0 Å². The molecule has 1 aliphatic rings. The molecule has 3 N–H and O–H groups in total. The fourth-order valence-corrected chi connectivity index (χ4v) is 2.36. The molecule has 1 aliphatic carbocycles. The van der Waals surface area contributed by atoms with E-state index >= 15 is 0 Å². The van der Waals surface area contributed by atoms with Crippen molar-refractivity contribution in [1.29, 1.82) is 0 Å². The Morgan fingerprint density at radius 3 is 2.19 bits per heavy atom. The number of nitrogens with two attached hydrogens (primary N) is 1. The van der Waals surface area contributed by atoms with E-state index in [9.17, 15) is 14.4 Å². The molecule has 1 saturated carbocycles.